The maximum Gasteiger partial charge on any atom is 0.322 e. The maximum absolute atomic E-state index is 14.0. The molecule has 1 atom stereocenters. The molecule has 4 N–H and O–H groups in total. The number of fused-ring (bicyclic) bond motifs is 1. The van der Waals surface area contributed by atoms with Crippen molar-refractivity contribution in [3.8, 4) is 0 Å². The summed E-state index contributed by atoms with van der Waals surface area (Å²) in [5.41, 5.74) is 10.6. The van der Waals surface area contributed by atoms with E-state index in [2.05, 4.69) is 20.9 Å². The first-order valence-corrected chi connectivity index (χ1v) is 17.4. The third-order valence-electron chi connectivity index (χ3n) is 9.90. The van der Waals surface area contributed by atoms with E-state index in [1.165, 1.54) is 12.8 Å². The number of nitrogens with zero attached hydrogens (tertiary/aromatic N) is 4. The Bertz CT molecular complexity index is 1360. The summed E-state index contributed by atoms with van der Waals surface area (Å²) in [4.78, 5) is 48.6. The van der Waals surface area contributed by atoms with Gasteiger partial charge in [0, 0.05) is 55.6 Å². The predicted octanol–water partition coefficient (Wildman–Crippen LogP) is 4.77. The largest absolute Gasteiger partial charge is 0.397 e. The van der Waals surface area contributed by atoms with Crippen LogP contribution in [0.1, 0.15) is 62.1 Å². The summed E-state index contributed by atoms with van der Waals surface area (Å²) in [5, 5.41) is 10.6. The summed E-state index contributed by atoms with van der Waals surface area (Å²) in [6.07, 6.45) is 6.90. The smallest absolute Gasteiger partial charge is 0.322 e. The number of amides is 5. The lowest BCUT2D eigenvalue weighted by molar-refractivity contribution is -0.134. The minimum absolute atomic E-state index is 0.0457. The van der Waals surface area contributed by atoms with Crippen LogP contribution in [0.15, 0.2) is 22.9 Å². The molecule has 3 fully saturated rings. The number of carbonyl (C=O) groups is 3. The maximum atomic E-state index is 14.0. The number of piperidine rings is 2. The molecule has 1 aromatic heterocycles. The molecule has 0 saturated carbocycles. The van der Waals surface area contributed by atoms with E-state index in [9.17, 15) is 14.4 Å². The van der Waals surface area contributed by atoms with Crippen LogP contribution in [0.25, 0.3) is 0 Å². The van der Waals surface area contributed by atoms with Crippen molar-refractivity contribution in [3.63, 3.8) is 0 Å². The SMILES string of the molecule is CCc1cc(C[C@@H](NC(=O)N2CCC(N3Cc4cscc4NC3=O)CC2)C(=O)N2CCC(N3CCCC3)CC2)cc(Cl)c1N. The molecule has 238 valence electrons. The molecule has 0 spiro atoms. The lowest BCUT2D eigenvalue weighted by Crippen LogP contribution is -2.57. The van der Waals surface area contributed by atoms with Gasteiger partial charge < -0.3 is 36.0 Å². The van der Waals surface area contributed by atoms with Crippen molar-refractivity contribution in [1.29, 1.82) is 0 Å². The average Bonchev–Trinajstić information content (AvgIpc) is 3.74. The highest BCUT2D eigenvalue weighted by Gasteiger charge is 2.36. The Kier molecular flexibility index (Phi) is 9.53. The minimum Gasteiger partial charge on any atom is -0.397 e. The standard InChI is InChI=1S/C32H44ClN7O3S/c1-2-22-15-21(16-26(33)29(22)34)17-27(30(41)38-11-5-24(6-12-38)37-9-3-4-10-37)35-31(42)39-13-7-25(8-14-39)40-18-23-19-44-20-28(23)36-32(40)43/h15-16,19-20,24-25,27H,2-14,17-18,34H2,1H3,(H,35,42)(H,36,43)/t27-/m1/s1. The lowest BCUT2D eigenvalue weighted by atomic mass is 9.98. The highest BCUT2D eigenvalue weighted by atomic mass is 35.5. The van der Waals surface area contributed by atoms with E-state index in [1.807, 2.05) is 34.2 Å². The number of hydrogen-bond donors (Lipinski definition) is 3. The van der Waals surface area contributed by atoms with Gasteiger partial charge in [-0.15, -0.1) is 11.3 Å². The van der Waals surface area contributed by atoms with Crippen LogP contribution in [0.3, 0.4) is 0 Å². The molecule has 0 aliphatic carbocycles. The van der Waals surface area contributed by atoms with Gasteiger partial charge in [-0.25, -0.2) is 9.59 Å². The zero-order valence-electron chi connectivity index (χ0n) is 25.5. The lowest BCUT2D eigenvalue weighted by Gasteiger charge is -2.41. The summed E-state index contributed by atoms with van der Waals surface area (Å²) in [6.45, 7) is 7.37. The van der Waals surface area contributed by atoms with Crippen LogP contribution in [-0.2, 0) is 24.2 Å². The van der Waals surface area contributed by atoms with E-state index in [-0.39, 0.29) is 24.0 Å². The monoisotopic (exact) mass is 641 g/mol. The molecular formula is C32H44ClN7O3S. The quantitative estimate of drug-likeness (QED) is 0.377. The molecule has 12 heteroatoms. The van der Waals surface area contributed by atoms with E-state index in [4.69, 9.17) is 17.3 Å². The Morgan fingerprint density at radius 3 is 2.41 bits per heavy atom. The van der Waals surface area contributed by atoms with Crippen LogP contribution < -0.4 is 16.4 Å². The molecule has 5 amide bonds. The third-order valence-corrected chi connectivity index (χ3v) is 11.0. The van der Waals surface area contributed by atoms with Crippen molar-refractivity contribution in [2.45, 2.75) is 83.0 Å². The zero-order valence-corrected chi connectivity index (χ0v) is 27.1. The second-order valence-electron chi connectivity index (χ2n) is 12.6. The van der Waals surface area contributed by atoms with E-state index < -0.39 is 6.04 Å². The van der Waals surface area contributed by atoms with Crippen LogP contribution in [-0.4, -0.2) is 95.0 Å². The first kappa shape index (κ1) is 31.0. The molecule has 2 aromatic rings. The van der Waals surface area contributed by atoms with Gasteiger partial charge in [0.15, 0.2) is 0 Å². The first-order chi connectivity index (χ1) is 21.3. The molecular weight excluding hydrogens is 598 g/mol. The fraction of sp³-hybridized carbons (Fsp3) is 0.594. The van der Waals surface area contributed by atoms with Crippen LogP contribution in [0.4, 0.5) is 21.0 Å². The number of halogens is 1. The molecule has 4 aliphatic heterocycles. The van der Waals surface area contributed by atoms with Crippen LogP contribution in [0.5, 0.6) is 0 Å². The molecule has 3 saturated heterocycles. The molecule has 44 heavy (non-hydrogen) atoms. The van der Waals surface area contributed by atoms with Crippen molar-refractivity contribution in [1.82, 2.24) is 24.9 Å². The van der Waals surface area contributed by atoms with Gasteiger partial charge in [-0.3, -0.25) is 4.79 Å². The van der Waals surface area contributed by atoms with Gasteiger partial charge in [-0.2, -0.15) is 0 Å². The van der Waals surface area contributed by atoms with Crippen LogP contribution in [0, 0.1) is 0 Å². The van der Waals surface area contributed by atoms with E-state index in [0.29, 0.717) is 68.7 Å². The molecule has 6 rings (SSSR count). The van der Waals surface area contributed by atoms with Crippen LogP contribution >= 0.6 is 22.9 Å². The fourth-order valence-electron chi connectivity index (χ4n) is 7.28. The molecule has 10 nitrogen and oxygen atoms in total. The number of hydrogen-bond acceptors (Lipinski definition) is 6. The average molecular weight is 642 g/mol. The van der Waals surface area contributed by atoms with Gasteiger partial charge >= 0.3 is 12.1 Å². The summed E-state index contributed by atoms with van der Waals surface area (Å²) in [5.74, 6) is -0.0457. The number of thiophene rings is 1. The van der Waals surface area contributed by atoms with Gasteiger partial charge in [0.1, 0.15) is 6.04 Å². The fourth-order valence-corrected chi connectivity index (χ4v) is 8.32. The van der Waals surface area contributed by atoms with Crippen molar-refractivity contribution < 1.29 is 14.4 Å². The number of carbonyl (C=O) groups excluding carboxylic acids is 3. The highest BCUT2D eigenvalue weighted by Crippen LogP contribution is 2.31. The molecule has 4 aliphatic rings. The number of aryl methyl sites for hydroxylation is 1. The molecule has 0 unspecified atom stereocenters. The van der Waals surface area contributed by atoms with Gasteiger partial charge in [0.2, 0.25) is 5.91 Å². The number of anilines is 2. The van der Waals surface area contributed by atoms with E-state index in [0.717, 1.165) is 54.7 Å². The first-order valence-electron chi connectivity index (χ1n) is 16.1. The van der Waals surface area contributed by atoms with Gasteiger partial charge in [-0.05, 0) is 80.6 Å². The molecule has 0 bridgehead atoms. The number of rotatable bonds is 7. The number of nitrogens with two attached hydrogens (primary N) is 1. The van der Waals surface area contributed by atoms with Crippen molar-refractivity contribution in [3.05, 3.63) is 44.6 Å². The summed E-state index contributed by atoms with van der Waals surface area (Å²) >= 11 is 8.06. The number of urea groups is 2. The molecule has 5 heterocycles. The normalized spacial score (nSPS) is 20.9. The summed E-state index contributed by atoms with van der Waals surface area (Å²) in [6, 6.07) is 3.38. The Morgan fingerprint density at radius 1 is 1.02 bits per heavy atom. The minimum atomic E-state index is -0.710. The van der Waals surface area contributed by atoms with Crippen LogP contribution in [0.2, 0.25) is 5.02 Å². The Hall–Kier alpha value is -3.02. The Labute approximate surface area is 268 Å². The van der Waals surface area contributed by atoms with Crippen molar-refractivity contribution >= 4 is 52.3 Å². The summed E-state index contributed by atoms with van der Waals surface area (Å²) < 4.78 is 0. The van der Waals surface area contributed by atoms with E-state index >= 15 is 0 Å². The zero-order chi connectivity index (χ0) is 30.8. The number of nitrogen functional groups attached to an aromatic ring is 1. The third kappa shape index (κ3) is 6.65. The molecule has 1 aromatic carbocycles. The predicted molar refractivity (Wildman–Crippen MR) is 175 cm³/mol. The second-order valence-corrected chi connectivity index (χ2v) is 13.7. The van der Waals surface area contributed by atoms with E-state index in [1.54, 1.807) is 16.2 Å². The summed E-state index contributed by atoms with van der Waals surface area (Å²) in [7, 11) is 0. The Balaban J connectivity index is 1.11. The topological polar surface area (TPSA) is 114 Å². The van der Waals surface area contributed by atoms with Gasteiger partial charge in [0.05, 0.1) is 22.9 Å². The molecule has 0 radical (unpaired) electrons. The second kappa shape index (κ2) is 13.5. The number of benzene rings is 1. The number of likely N-dealkylation sites (tertiary alicyclic amines) is 3. The van der Waals surface area contributed by atoms with Gasteiger partial charge in [-0.1, -0.05) is 24.6 Å². The van der Waals surface area contributed by atoms with Crippen molar-refractivity contribution in [2.75, 3.05) is 50.3 Å². The highest BCUT2D eigenvalue weighted by molar-refractivity contribution is 7.08. The van der Waals surface area contributed by atoms with Crippen molar-refractivity contribution in [2.24, 2.45) is 0 Å². The Morgan fingerprint density at radius 2 is 1.70 bits per heavy atom. The van der Waals surface area contributed by atoms with Gasteiger partial charge in [0.25, 0.3) is 0 Å². The number of nitrogens with one attached hydrogen (secondary N) is 2.